The van der Waals surface area contributed by atoms with E-state index in [9.17, 15) is 14.9 Å². The van der Waals surface area contributed by atoms with Crippen LogP contribution in [-0.2, 0) is 9.53 Å². The Labute approximate surface area is 104 Å². The second-order valence-electron chi connectivity index (χ2n) is 3.48. The van der Waals surface area contributed by atoms with Crippen molar-refractivity contribution in [2.24, 2.45) is 5.73 Å². The summed E-state index contributed by atoms with van der Waals surface area (Å²) in [6.07, 6.45) is 0. The molecule has 1 rings (SSSR count). The summed E-state index contributed by atoms with van der Waals surface area (Å²) in [4.78, 5) is 20.9. The summed E-state index contributed by atoms with van der Waals surface area (Å²) < 4.78 is 9.92. The smallest absolute Gasteiger partial charge is 0.319 e. The maximum Gasteiger partial charge on any atom is 0.319 e. The Bertz CT molecular complexity index is 447. The lowest BCUT2D eigenvalue weighted by Crippen LogP contribution is -2.19. The molecule has 0 radical (unpaired) electrons. The SMILES string of the molecule is Cc1ccc(OCCOC(=O)CN)cc1[N+](=O)[O-]. The molecule has 0 bridgehead atoms. The maximum atomic E-state index is 10.7. The molecule has 2 N–H and O–H groups in total. The molecule has 0 fully saturated rings. The molecule has 0 heterocycles. The molecular weight excluding hydrogens is 240 g/mol. The van der Waals surface area contributed by atoms with E-state index >= 15 is 0 Å². The van der Waals surface area contributed by atoms with Crippen molar-refractivity contribution in [3.05, 3.63) is 33.9 Å². The lowest BCUT2D eigenvalue weighted by atomic mass is 10.2. The molecule has 7 heteroatoms. The molecule has 0 aromatic heterocycles. The third-order valence-corrected chi connectivity index (χ3v) is 2.16. The van der Waals surface area contributed by atoms with E-state index in [0.29, 0.717) is 11.3 Å². The van der Waals surface area contributed by atoms with Gasteiger partial charge in [-0.3, -0.25) is 14.9 Å². The predicted octanol–water partition coefficient (Wildman–Crippen LogP) is 0.784. The van der Waals surface area contributed by atoms with Crippen LogP contribution in [0.4, 0.5) is 5.69 Å². The summed E-state index contributed by atoms with van der Waals surface area (Å²) in [5, 5.41) is 10.7. The van der Waals surface area contributed by atoms with E-state index in [2.05, 4.69) is 0 Å². The Kier molecular flexibility index (Phi) is 5.06. The van der Waals surface area contributed by atoms with E-state index in [1.165, 1.54) is 6.07 Å². The third kappa shape index (κ3) is 4.02. The van der Waals surface area contributed by atoms with E-state index in [1.54, 1.807) is 19.1 Å². The summed E-state index contributed by atoms with van der Waals surface area (Å²) in [5.41, 5.74) is 5.59. The minimum absolute atomic E-state index is 0.00791. The van der Waals surface area contributed by atoms with Gasteiger partial charge in [0, 0.05) is 5.56 Å². The van der Waals surface area contributed by atoms with Crippen LogP contribution in [0.15, 0.2) is 18.2 Å². The Balaban J connectivity index is 2.50. The molecule has 0 aliphatic heterocycles. The molecule has 0 amide bonds. The molecular formula is C11H14N2O5. The van der Waals surface area contributed by atoms with Gasteiger partial charge < -0.3 is 15.2 Å². The van der Waals surface area contributed by atoms with Crippen molar-refractivity contribution in [3.63, 3.8) is 0 Å². The first-order chi connectivity index (χ1) is 8.54. The summed E-state index contributed by atoms with van der Waals surface area (Å²) in [6.45, 7) is 1.63. The van der Waals surface area contributed by atoms with Gasteiger partial charge in [-0.15, -0.1) is 0 Å². The number of carbonyl (C=O) groups is 1. The fourth-order valence-electron chi connectivity index (χ4n) is 1.25. The van der Waals surface area contributed by atoms with Crippen LogP contribution in [0.3, 0.4) is 0 Å². The van der Waals surface area contributed by atoms with Crippen LogP contribution >= 0.6 is 0 Å². The largest absolute Gasteiger partial charge is 0.490 e. The average molecular weight is 254 g/mol. The monoisotopic (exact) mass is 254 g/mol. The number of nitrogens with two attached hydrogens (primary N) is 1. The molecule has 0 spiro atoms. The highest BCUT2D eigenvalue weighted by atomic mass is 16.6. The number of hydrogen-bond acceptors (Lipinski definition) is 6. The second-order valence-corrected chi connectivity index (χ2v) is 3.48. The van der Waals surface area contributed by atoms with Gasteiger partial charge in [-0.25, -0.2) is 0 Å². The van der Waals surface area contributed by atoms with Crippen LogP contribution in [0, 0.1) is 17.0 Å². The second kappa shape index (κ2) is 6.55. The summed E-state index contributed by atoms with van der Waals surface area (Å²) in [7, 11) is 0. The molecule has 1 aromatic rings. The molecule has 0 unspecified atom stereocenters. The van der Waals surface area contributed by atoms with Crippen molar-refractivity contribution in [1.82, 2.24) is 0 Å². The van der Waals surface area contributed by atoms with Gasteiger partial charge in [0.25, 0.3) is 5.69 Å². The molecule has 18 heavy (non-hydrogen) atoms. The standard InChI is InChI=1S/C11H14N2O5/c1-8-2-3-9(6-10(8)13(15)16)17-4-5-18-11(14)7-12/h2-3,6H,4-5,7,12H2,1H3. The predicted molar refractivity (Wildman–Crippen MR) is 63.3 cm³/mol. The van der Waals surface area contributed by atoms with Gasteiger partial charge in [-0.05, 0) is 19.1 Å². The summed E-state index contributed by atoms with van der Waals surface area (Å²) in [5.74, 6) is -0.162. The van der Waals surface area contributed by atoms with E-state index in [0.717, 1.165) is 0 Å². The Morgan fingerprint density at radius 3 is 2.78 bits per heavy atom. The quantitative estimate of drug-likeness (QED) is 0.348. The van der Waals surface area contributed by atoms with Gasteiger partial charge in [0.2, 0.25) is 0 Å². The van der Waals surface area contributed by atoms with Crippen LogP contribution in [0.2, 0.25) is 0 Å². The third-order valence-electron chi connectivity index (χ3n) is 2.16. The lowest BCUT2D eigenvalue weighted by molar-refractivity contribution is -0.385. The summed E-state index contributed by atoms with van der Waals surface area (Å²) >= 11 is 0. The van der Waals surface area contributed by atoms with Gasteiger partial charge in [-0.2, -0.15) is 0 Å². The Hall–Kier alpha value is -2.15. The van der Waals surface area contributed by atoms with E-state index in [4.69, 9.17) is 15.2 Å². The molecule has 0 saturated carbocycles. The first kappa shape index (κ1) is 13.9. The van der Waals surface area contributed by atoms with Crippen LogP contribution in [0.5, 0.6) is 5.75 Å². The minimum Gasteiger partial charge on any atom is -0.490 e. The number of nitro benzene ring substituents is 1. The Morgan fingerprint density at radius 2 is 2.17 bits per heavy atom. The fourth-order valence-corrected chi connectivity index (χ4v) is 1.25. The zero-order valence-corrected chi connectivity index (χ0v) is 9.92. The fraction of sp³-hybridized carbons (Fsp3) is 0.364. The van der Waals surface area contributed by atoms with Crippen molar-refractivity contribution in [3.8, 4) is 5.75 Å². The number of ether oxygens (including phenoxy) is 2. The number of benzene rings is 1. The van der Waals surface area contributed by atoms with Gasteiger partial charge in [-0.1, -0.05) is 0 Å². The highest BCUT2D eigenvalue weighted by molar-refractivity contribution is 5.71. The van der Waals surface area contributed by atoms with Gasteiger partial charge >= 0.3 is 5.97 Å². The van der Waals surface area contributed by atoms with E-state index < -0.39 is 10.9 Å². The van der Waals surface area contributed by atoms with Gasteiger partial charge in [0.1, 0.15) is 19.0 Å². The minimum atomic E-state index is -0.520. The topological polar surface area (TPSA) is 105 Å². The Morgan fingerprint density at radius 1 is 1.44 bits per heavy atom. The van der Waals surface area contributed by atoms with E-state index in [1.807, 2.05) is 0 Å². The first-order valence-electron chi connectivity index (χ1n) is 5.28. The first-order valence-corrected chi connectivity index (χ1v) is 5.28. The highest BCUT2D eigenvalue weighted by Gasteiger charge is 2.11. The van der Waals surface area contributed by atoms with Crippen LogP contribution in [0.1, 0.15) is 5.56 Å². The molecule has 1 aromatic carbocycles. The normalized spacial score (nSPS) is 9.89. The van der Waals surface area contributed by atoms with Crippen LogP contribution in [-0.4, -0.2) is 30.7 Å². The van der Waals surface area contributed by atoms with Crippen molar-refractivity contribution in [2.75, 3.05) is 19.8 Å². The number of carbonyl (C=O) groups excluding carboxylic acids is 1. The van der Waals surface area contributed by atoms with E-state index in [-0.39, 0.29) is 25.4 Å². The van der Waals surface area contributed by atoms with Gasteiger partial charge in [0.15, 0.2) is 0 Å². The van der Waals surface area contributed by atoms with Crippen molar-refractivity contribution >= 4 is 11.7 Å². The average Bonchev–Trinajstić information content (AvgIpc) is 2.35. The van der Waals surface area contributed by atoms with Crippen LogP contribution < -0.4 is 10.5 Å². The van der Waals surface area contributed by atoms with Gasteiger partial charge in [0.05, 0.1) is 17.5 Å². The number of nitrogens with zero attached hydrogens (tertiary/aromatic N) is 1. The molecule has 0 saturated heterocycles. The molecule has 7 nitrogen and oxygen atoms in total. The lowest BCUT2D eigenvalue weighted by Gasteiger charge is -2.07. The van der Waals surface area contributed by atoms with Crippen molar-refractivity contribution in [1.29, 1.82) is 0 Å². The molecule has 0 aliphatic rings. The number of esters is 1. The molecule has 0 atom stereocenters. The van der Waals surface area contributed by atoms with Crippen LogP contribution in [0.25, 0.3) is 0 Å². The number of rotatable bonds is 6. The molecule has 98 valence electrons. The van der Waals surface area contributed by atoms with Crippen molar-refractivity contribution in [2.45, 2.75) is 6.92 Å². The zero-order valence-electron chi connectivity index (χ0n) is 9.92. The maximum absolute atomic E-state index is 10.7. The highest BCUT2D eigenvalue weighted by Crippen LogP contribution is 2.23. The summed E-state index contributed by atoms with van der Waals surface area (Å²) in [6, 6.07) is 4.55. The number of aryl methyl sites for hydroxylation is 1. The number of hydrogen-bond donors (Lipinski definition) is 1. The molecule has 0 aliphatic carbocycles. The van der Waals surface area contributed by atoms with Crippen molar-refractivity contribution < 1.29 is 19.2 Å². The zero-order chi connectivity index (χ0) is 13.5. The number of nitro groups is 1.